The summed E-state index contributed by atoms with van der Waals surface area (Å²) < 4.78 is 0. The summed E-state index contributed by atoms with van der Waals surface area (Å²) in [4.78, 5) is 41.1. The average Bonchev–Trinajstić information content (AvgIpc) is 2.99. The number of benzene rings is 2. The van der Waals surface area contributed by atoms with Gasteiger partial charge in [0.25, 0.3) is 17.7 Å². The molecule has 6 nitrogen and oxygen atoms in total. The molecule has 0 radical (unpaired) electrons. The Kier molecular flexibility index (Phi) is 6.74. The quantitative estimate of drug-likeness (QED) is 0.577. The van der Waals surface area contributed by atoms with Crippen LogP contribution in [0.3, 0.4) is 0 Å². The van der Waals surface area contributed by atoms with Crippen LogP contribution in [0, 0.1) is 0 Å². The van der Waals surface area contributed by atoms with E-state index in [-0.39, 0.29) is 27.3 Å². The van der Waals surface area contributed by atoms with Crippen LogP contribution in [0.25, 0.3) is 0 Å². The lowest BCUT2D eigenvalue weighted by atomic mass is 10.1. The predicted molar refractivity (Wildman–Crippen MR) is 126 cm³/mol. The summed E-state index contributed by atoms with van der Waals surface area (Å²) in [7, 11) is 0. The minimum atomic E-state index is -0.698. The van der Waals surface area contributed by atoms with Gasteiger partial charge >= 0.3 is 0 Å². The molecule has 2 aliphatic heterocycles. The number of hydrogen-bond donors (Lipinski definition) is 1. The summed E-state index contributed by atoms with van der Waals surface area (Å²) in [5.41, 5.74) is 1.17. The predicted octanol–water partition coefficient (Wildman–Crippen LogP) is 5.45. The molecule has 2 heterocycles. The number of rotatable bonds is 4. The van der Waals surface area contributed by atoms with Crippen molar-refractivity contribution < 1.29 is 14.4 Å². The van der Waals surface area contributed by atoms with Gasteiger partial charge in [0.05, 0.1) is 10.7 Å². The highest BCUT2D eigenvalue weighted by Gasteiger charge is 2.40. The van der Waals surface area contributed by atoms with Gasteiger partial charge in [0, 0.05) is 29.4 Å². The molecular weight excluding hydrogens is 473 g/mol. The highest BCUT2D eigenvalue weighted by Crippen LogP contribution is 2.35. The maximum atomic E-state index is 12.9. The Labute approximate surface area is 200 Å². The standard InChI is InChI=1S/C23H20Cl3N3O3/c24-15-7-10-17(25)18(13-15)29-22(31)19(26)20(23(29)32)27-16-8-5-14(6-9-16)21(30)28-11-3-1-2-4-12-28/h5-10,13,27H,1-4,11-12H2. The zero-order chi connectivity index (χ0) is 22.8. The zero-order valence-corrected chi connectivity index (χ0v) is 19.3. The lowest BCUT2D eigenvalue weighted by molar-refractivity contribution is -0.120. The van der Waals surface area contributed by atoms with Crippen molar-refractivity contribution in [2.45, 2.75) is 25.7 Å². The molecule has 0 saturated carbocycles. The number of imide groups is 1. The third-order valence-corrected chi connectivity index (χ3v) is 6.38. The number of nitrogens with zero attached hydrogens (tertiary/aromatic N) is 2. The maximum absolute atomic E-state index is 12.9. The van der Waals surface area contributed by atoms with E-state index in [9.17, 15) is 14.4 Å². The van der Waals surface area contributed by atoms with Crippen LogP contribution < -0.4 is 10.2 Å². The monoisotopic (exact) mass is 491 g/mol. The molecule has 0 bridgehead atoms. The van der Waals surface area contributed by atoms with E-state index in [0.717, 1.165) is 43.7 Å². The molecule has 166 valence electrons. The van der Waals surface area contributed by atoms with E-state index in [1.165, 1.54) is 12.1 Å². The molecule has 1 saturated heterocycles. The van der Waals surface area contributed by atoms with Crippen LogP contribution in [0.1, 0.15) is 36.0 Å². The summed E-state index contributed by atoms with van der Waals surface area (Å²) in [6, 6.07) is 11.2. The lowest BCUT2D eigenvalue weighted by Gasteiger charge is -2.20. The van der Waals surface area contributed by atoms with Crippen LogP contribution in [-0.4, -0.2) is 35.7 Å². The van der Waals surface area contributed by atoms with E-state index < -0.39 is 11.8 Å². The van der Waals surface area contributed by atoms with Gasteiger partial charge in [-0.05, 0) is 55.3 Å². The molecule has 0 atom stereocenters. The fourth-order valence-electron chi connectivity index (χ4n) is 3.78. The van der Waals surface area contributed by atoms with E-state index in [4.69, 9.17) is 34.8 Å². The summed E-state index contributed by atoms with van der Waals surface area (Å²) in [5.74, 6) is -1.35. The van der Waals surface area contributed by atoms with Gasteiger partial charge in [-0.1, -0.05) is 47.6 Å². The van der Waals surface area contributed by atoms with Crippen LogP contribution in [0.15, 0.2) is 53.2 Å². The molecule has 0 spiro atoms. The molecule has 0 aliphatic carbocycles. The van der Waals surface area contributed by atoms with Crippen LogP contribution in [0.5, 0.6) is 0 Å². The number of amides is 3. The molecule has 2 aromatic rings. The highest BCUT2D eigenvalue weighted by atomic mass is 35.5. The third kappa shape index (κ3) is 4.49. The van der Waals surface area contributed by atoms with Gasteiger partial charge in [0.15, 0.2) is 0 Å². The van der Waals surface area contributed by atoms with Crippen molar-refractivity contribution in [2.75, 3.05) is 23.3 Å². The molecule has 2 aromatic carbocycles. The second kappa shape index (κ2) is 9.53. The molecular formula is C23H20Cl3N3O3. The first-order valence-electron chi connectivity index (χ1n) is 10.3. The van der Waals surface area contributed by atoms with E-state index >= 15 is 0 Å². The van der Waals surface area contributed by atoms with Gasteiger partial charge < -0.3 is 10.2 Å². The lowest BCUT2D eigenvalue weighted by Crippen LogP contribution is -2.32. The first kappa shape index (κ1) is 22.6. The molecule has 4 rings (SSSR count). The Morgan fingerprint density at radius 3 is 2.16 bits per heavy atom. The van der Waals surface area contributed by atoms with Crippen molar-refractivity contribution in [2.24, 2.45) is 0 Å². The topological polar surface area (TPSA) is 69.7 Å². The van der Waals surface area contributed by atoms with E-state index in [0.29, 0.717) is 16.3 Å². The van der Waals surface area contributed by atoms with Crippen molar-refractivity contribution >= 4 is 63.9 Å². The van der Waals surface area contributed by atoms with Crippen molar-refractivity contribution in [3.05, 3.63) is 68.8 Å². The summed E-state index contributed by atoms with van der Waals surface area (Å²) in [6.07, 6.45) is 4.32. The molecule has 3 amide bonds. The normalized spacial score (nSPS) is 17.1. The Balaban J connectivity index is 1.51. The second-order valence-corrected chi connectivity index (χ2v) is 8.86. The summed E-state index contributed by atoms with van der Waals surface area (Å²) in [6.45, 7) is 1.53. The van der Waals surface area contributed by atoms with Crippen LogP contribution in [0.4, 0.5) is 11.4 Å². The smallest absolute Gasteiger partial charge is 0.283 e. The van der Waals surface area contributed by atoms with Gasteiger partial charge in [-0.3, -0.25) is 14.4 Å². The molecule has 0 unspecified atom stereocenters. The van der Waals surface area contributed by atoms with Crippen LogP contribution in [-0.2, 0) is 9.59 Å². The molecule has 1 fully saturated rings. The number of likely N-dealkylation sites (tertiary alicyclic amines) is 1. The Morgan fingerprint density at radius 2 is 1.50 bits per heavy atom. The first-order valence-corrected chi connectivity index (χ1v) is 11.4. The molecule has 0 aromatic heterocycles. The van der Waals surface area contributed by atoms with Gasteiger partial charge in [-0.15, -0.1) is 0 Å². The van der Waals surface area contributed by atoms with Crippen molar-refractivity contribution in [1.29, 1.82) is 0 Å². The van der Waals surface area contributed by atoms with E-state index in [1.807, 2.05) is 4.90 Å². The molecule has 32 heavy (non-hydrogen) atoms. The number of anilines is 2. The van der Waals surface area contributed by atoms with Crippen LogP contribution >= 0.6 is 34.8 Å². The second-order valence-electron chi connectivity index (χ2n) is 7.64. The van der Waals surface area contributed by atoms with Gasteiger partial charge in [-0.2, -0.15) is 0 Å². The fourth-order valence-corrected chi connectivity index (χ4v) is 4.37. The fraction of sp³-hybridized carbons (Fsp3) is 0.261. The molecule has 9 heteroatoms. The SMILES string of the molecule is O=C(c1ccc(NC2=C(Cl)C(=O)N(c3cc(Cl)ccc3Cl)C2=O)cc1)N1CCCCCC1. The first-order chi connectivity index (χ1) is 15.4. The van der Waals surface area contributed by atoms with Crippen molar-refractivity contribution in [1.82, 2.24) is 4.90 Å². The van der Waals surface area contributed by atoms with E-state index in [2.05, 4.69) is 5.32 Å². The van der Waals surface area contributed by atoms with Crippen LogP contribution in [0.2, 0.25) is 10.0 Å². The summed E-state index contributed by atoms with van der Waals surface area (Å²) in [5, 5.41) is 3.16. The number of carbonyl (C=O) groups excluding carboxylic acids is 3. The summed E-state index contributed by atoms with van der Waals surface area (Å²) >= 11 is 18.3. The highest BCUT2D eigenvalue weighted by molar-refractivity contribution is 6.54. The van der Waals surface area contributed by atoms with Gasteiger partial charge in [0.2, 0.25) is 0 Å². The minimum Gasteiger partial charge on any atom is -0.350 e. The molecule has 1 N–H and O–H groups in total. The number of hydrogen-bond acceptors (Lipinski definition) is 4. The van der Waals surface area contributed by atoms with Crippen molar-refractivity contribution in [3.63, 3.8) is 0 Å². The largest absolute Gasteiger partial charge is 0.350 e. The Hall–Kier alpha value is -2.54. The average molecular weight is 493 g/mol. The Morgan fingerprint density at radius 1 is 0.844 bits per heavy atom. The van der Waals surface area contributed by atoms with E-state index in [1.54, 1.807) is 30.3 Å². The Bertz CT molecular complexity index is 1110. The number of nitrogens with one attached hydrogen (secondary N) is 1. The number of halogens is 3. The zero-order valence-electron chi connectivity index (χ0n) is 17.0. The van der Waals surface area contributed by atoms with Crippen molar-refractivity contribution in [3.8, 4) is 0 Å². The number of carbonyl (C=O) groups is 3. The minimum absolute atomic E-state index is 0.00964. The maximum Gasteiger partial charge on any atom is 0.283 e. The van der Waals surface area contributed by atoms with Gasteiger partial charge in [0.1, 0.15) is 10.7 Å². The third-order valence-electron chi connectivity index (χ3n) is 5.47. The molecule has 2 aliphatic rings. The van der Waals surface area contributed by atoms with Gasteiger partial charge in [-0.25, -0.2) is 4.90 Å².